The molecule has 6 nitrogen and oxygen atoms in total. The van der Waals surface area contributed by atoms with E-state index in [1.807, 2.05) is 30.3 Å². The van der Waals surface area contributed by atoms with Crippen LogP contribution in [0.15, 0.2) is 35.8 Å². The second-order valence-corrected chi connectivity index (χ2v) is 5.03. The summed E-state index contributed by atoms with van der Waals surface area (Å²) in [5, 5.41) is 19.3. The molecule has 0 aliphatic rings. The first-order valence-electron chi connectivity index (χ1n) is 5.98. The minimum absolute atomic E-state index is 0.0897. The van der Waals surface area contributed by atoms with Gasteiger partial charge in [-0.1, -0.05) is 41.7 Å². The van der Waals surface area contributed by atoms with E-state index in [4.69, 9.17) is 5.11 Å². The number of aliphatic carboxylic acids is 1. The summed E-state index contributed by atoms with van der Waals surface area (Å²) in [4.78, 5) is 22.8. The largest absolute Gasteiger partial charge is 0.481 e. The average molecular weight is 291 g/mol. The van der Waals surface area contributed by atoms with Crippen LogP contribution >= 0.6 is 11.3 Å². The smallest absolute Gasteiger partial charge is 0.303 e. The summed E-state index contributed by atoms with van der Waals surface area (Å²) in [5.74, 6) is -1.55. The van der Waals surface area contributed by atoms with E-state index in [1.54, 1.807) is 0 Å². The zero-order chi connectivity index (χ0) is 14.4. The number of carbonyl (C=O) groups excluding carboxylic acids is 1. The lowest BCUT2D eigenvalue weighted by Crippen LogP contribution is -2.17. The molecule has 104 valence electrons. The fraction of sp³-hybridized carbons (Fsp3) is 0.231. The molecule has 0 aliphatic heterocycles. The average Bonchev–Trinajstić information content (AvgIpc) is 2.91. The molecular formula is C13H13N3O3S. The van der Waals surface area contributed by atoms with E-state index in [0.29, 0.717) is 5.13 Å². The van der Waals surface area contributed by atoms with E-state index < -0.39 is 5.97 Å². The van der Waals surface area contributed by atoms with Gasteiger partial charge >= 0.3 is 5.97 Å². The third-order valence-corrected chi connectivity index (χ3v) is 3.34. The molecule has 1 heterocycles. The summed E-state index contributed by atoms with van der Waals surface area (Å²) in [7, 11) is 0. The van der Waals surface area contributed by atoms with Crippen molar-refractivity contribution in [1.29, 1.82) is 0 Å². The van der Waals surface area contributed by atoms with Crippen molar-refractivity contribution in [2.75, 3.05) is 5.32 Å². The molecule has 1 atom stereocenters. The van der Waals surface area contributed by atoms with Crippen molar-refractivity contribution in [3.8, 4) is 0 Å². The number of aromatic nitrogens is 2. The highest BCUT2D eigenvalue weighted by molar-refractivity contribution is 7.13. The van der Waals surface area contributed by atoms with Gasteiger partial charge in [-0.3, -0.25) is 9.59 Å². The highest BCUT2D eigenvalue weighted by atomic mass is 32.1. The monoisotopic (exact) mass is 291 g/mol. The molecule has 0 saturated carbocycles. The van der Waals surface area contributed by atoms with E-state index in [0.717, 1.165) is 5.56 Å². The Morgan fingerprint density at radius 2 is 2.00 bits per heavy atom. The van der Waals surface area contributed by atoms with E-state index in [-0.39, 0.29) is 24.7 Å². The van der Waals surface area contributed by atoms with E-state index in [2.05, 4.69) is 15.5 Å². The number of nitrogens with one attached hydrogen (secondary N) is 1. The maximum atomic E-state index is 11.9. The van der Waals surface area contributed by atoms with Crippen molar-refractivity contribution >= 4 is 28.3 Å². The summed E-state index contributed by atoms with van der Waals surface area (Å²) in [6.45, 7) is 0. The lowest BCUT2D eigenvalue weighted by molar-refractivity contribution is -0.137. The summed E-state index contributed by atoms with van der Waals surface area (Å²) < 4.78 is 0. The van der Waals surface area contributed by atoms with Gasteiger partial charge < -0.3 is 10.4 Å². The first-order chi connectivity index (χ1) is 9.65. The van der Waals surface area contributed by atoms with Crippen molar-refractivity contribution in [3.63, 3.8) is 0 Å². The van der Waals surface area contributed by atoms with Gasteiger partial charge in [-0.15, -0.1) is 10.2 Å². The van der Waals surface area contributed by atoms with Crippen LogP contribution in [0, 0.1) is 0 Å². The number of nitrogens with zero attached hydrogens (tertiary/aromatic N) is 2. The minimum atomic E-state index is -0.928. The number of carbonyl (C=O) groups is 2. The van der Waals surface area contributed by atoms with Crippen LogP contribution in [0.5, 0.6) is 0 Å². The van der Waals surface area contributed by atoms with Crippen LogP contribution in [0.1, 0.15) is 24.3 Å². The molecule has 0 spiro atoms. The SMILES string of the molecule is O=C(O)C[C@H](CC(=O)Nc1nncs1)c1ccccc1. The second-order valence-electron chi connectivity index (χ2n) is 4.20. The van der Waals surface area contributed by atoms with E-state index in [9.17, 15) is 9.59 Å². The molecule has 2 rings (SSSR count). The van der Waals surface area contributed by atoms with Crippen molar-refractivity contribution in [2.45, 2.75) is 18.8 Å². The molecule has 20 heavy (non-hydrogen) atoms. The molecule has 0 bridgehead atoms. The summed E-state index contributed by atoms with van der Waals surface area (Å²) in [6.07, 6.45) is 0.00342. The van der Waals surface area contributed by atoms with Gasteiger partial charge in [-0.05, 0) is 5.56 Å². The van der Waals surface area contributed by atoms with Crippen molar-refractivity contribution in [2.24, 2.45) is 0 Å². The van der Waals surface area contributed by atoms with Crippen molar-refractivity contribution in [1.82, 2.24) is 10.2 Å². The van der Waals surface area contributed by atoms with Crippen LogP contribution in [0.25, 0.3) is 0 Å². The zero-order valence-corrected chi connectivity index (χ0v) is 11.3. The van der Waals surface area contributed by atoms with Crippen LogP contribution < -0.4 is 5.32 Å². The number of anilines is 1. The van der Waals surface area contributed by atoms with Gasteiger partial charge in [0.15, 0.2) is 0 Å². The van der Waals surface area contributed by atoms with E-state index in [1.165, 1.54) is 16.8 Å². The quantitative estimate of drug-likeness (QED) is 0.850. The first kappa shape index (κ1) is 14.1. The Balaban J connectivity index is 2.04. The second kappa shape index (κ2) is 6.76. The molecule has 0 fully saturated rings. The minimum Gasteiger partial charge on any atom is -0.481 e. The molecular weight excluding hydrogens is 278 g/mol. The predicted molar refractivity (Wildman–Crippen MR) is 74.6 cm³/mol. The number of benzene rings is 1. The first-order valence-corrected chi connectivity index (χ1v) is 6.86. The van der Waals surface area contributed by atoms with E-state index >= 15 is 0 Å². The Labute approximate surface area is 119 Å². The Morgan fingerprint density at radius 1 is 1.25 bits per heavy atom. The number of hydrogen-bond acceptors (Lipinski definition) is 5. The zero-order valence-electron chi connectivity index (χ0n) is 10.5. The van der Waals surface area contributed by atoms with Gasteiger partial charge in [0.05, 0.1) is 6.42 Å². The standard InChI is InChI=1S/C13H13N3O3S/c17-11(15-13-16-14-8-20-13)6-10(7-12(18)19)9-4-2-1-3-5-9/h1-5,8,10H,6-7H2,(H,18,19)(H,15,16,17)/t10-/m0/s1. The highest BCUT2D eigenvalue weighted by Crippen LogP contribution is 2.24. The fourth-order valence-electron chi connectivity index (χ4n) is 1.87. The van der Waals surface area contributed by atoms with Crippen LogP contribution in [0.4, 0.5) is 5.13 Å². The number of amides is 1. The van der Waals surface area contributed by atoms with Gasteiger partial charge in [-0.25, -0.2) is 0 Å². The molecule has 0 radical (unpaired) electrons. The third-order valence-electron chi connectivity index (χ3n) is 2.73. The molecule has 1 amide bonds. The van der Waals surface area contributed by atoms with Gasteiger partial charge in [-0.2, -0.15) is 0 Å². The Bertz CT molecular complexity index is 572. The third kappa shape index (κ3) is 4.13. The van der Waals surface area contributed by atoms with Gasteiger partial charge in [0.1, 0.15) is 5.51 Å². The normalized spacial score (nSPS) is 11.8. The number of carboxylic acids is 1. The Morgan fingerprint density at radius 3 is 2.60 bits per heavy atom. The van der Waals surface area contributed by atoms with Gasteiger partial charge in [0.25, 0.3) is 0 Å². The predicted octanol–water partition coefficient (Wildman–Crippen LogP) is 2.13. The maximum absolute atomic E-state index is 11.9. The molecule has 0 aliphatic carbocycles. The maximum Gasteiger partial charge on any atom is 0.303 e. The molecule has 7 heteroatoms. The summed E-state index contributed by atoms with van der Waals surface area (Å²) in [6, 6.07) is 9.15. The van der Waals surface area contributed by atoms with Crippen LogP contribution in [-0.4, -0.2) is 27.2 Å². The highest BCUT2D eigenvalue weighted by Gasteiger charge is 2.19. The lowest BCUT2D eigenvalue weighted by atomic mass is 9.92. The topological polar surface area (TPSA) is 92.2 Å². The van der Waals surface area contributed by atoms with Gasteiger partial charge in [0.2, 0.25) is 11.0 Å². The molecule has 2 N–H and O–H groups in total. The van der Waals surface area contributed by atoms with Crippen molar-refractivity contribution < 1.29 is 14.7 Å². The number of hydrogen-bond donors (Lipinski definition) is 2. The molecule has 0 saturated heterocycles. The van der Waals surface area contributed by atoms with Crippen LogP contribution in [0.3, 0.4) is 0 Å². The fourth-order valence-corrected chi connectivity index (χ4v) is 2.33. The molecule has 1 aromatic heterocycles. The molecule has 0 unspecified atom stereocenters. The number of carboxylic acid groups (broad SMARTS) is 1. The lowest BCUT2D eigenvalue weighted by Gasteiger charge is -2.14. The van der Waals surface area contributed by atoms with Gasteiger partial charge in [0, 0.05) is 12.3 Å². The molecule has 2 aromatic rings. The summed E-state index contributed by atoms with van der Waals surface area (Å²) >= 11 is 1.22. The summed E-state index contributed by atoms with van der Waals surface area (Å²) in [5.41, 5.74) is 2.35. The molecule has 1 aromatic carbocycles. The van der Waals surface area contributed by atoms with Crippen LogP contribution in [0.2, 0.25) is 0 Å². The van der Waals surface area contributed by atoms with Crippen molar-refractivity contribution in [3.05, 3.63) is 41.4 Å². The Hall–Kier alpha value is -2.28. The van der Waals surface area contributed by atoms with Crippen LogP contribution in [-0.2, 0) is 9.59 Å². The Kier molecular flexibility index (Phi) is 4.78. The number of rotatable bonds is 6.